The minimum Gasteiger partial charge on any atom is -0.399 e. The molecule has 3 N–H and O–H groups in total. The third-order valence-corrected chi connectivity index (χ3v) is 6.16. The van der Waals surface area contributed by atoms with E-state index < -0.39 is 26.2 Å². The highest BCUT2D eigenvalue weighted by molar-refractivity contribution is 7.93. The summed E-state index contributed by atoms with van der Waals surface area (Å²) in [6, 6.07) is 5.06. The predicted octanol–water partition coefficient (Wildman–Crippen LogP) is 2.12. The standard InChI is InChI=1S/C14H22N2O3S/c1-5-10(3)20(18,19)11(4)14(17)16-13-7-6-12(15)8-9(13)2/h6-8,10-11H,5,15H2,1-4H3,(H,16,17). The van der Waals surface area contributed by atoms with E-state index in [2.05, 4.69) is 5.32 Å². The van der Waals surface area contributed by atoms with Gasteiger partial charge in [-0.1, -0.05) is 6.92 Å². The number of nitrogen functional groups attached to an aromatic ring is 1. The van der Waals surface area contributed by atoms with Crippen LogP contribution in [0.25, 0.3) is 0 Å². The van der Waals surface area contributed by atoms with E-state index >= 15 is 0 Å². The molecular weight excluding hydrogens is 276 g/mol. The number of anilines is 2. The smallest absolute Gasteiger partial charge is 0.242 e. The number of benzene rings is 1. The molecule has 0 fully saturated rings. The van der Waals surface area contributed by atoms with Crippen molar-refractivity contribution >= 4 is 27.1 Å². The van der Waals surface area contributed by atoms with Gasteiger partial charge in [0.1, 0.15) is 5.25 Å². The highest BCUT2D eigenvalue weighted by Gasteiger charge is 2.32. The Bertz CT molecular complexity index is 596. The van der Waals surface area contributed by atoms with E-state index in [1.807, 2.05) is 0 Å². The molecule has 6 heteroatoms. The molecule has 0 bridgehead atoms. The Kier molecular flexibility index (Phi) is 5.16. The fraction of sp³-hybridized carbons (Fsp3) is 0.500. The predicted molar refractivity (Wildman–Crippen MR) is 82.4 cm³/mol. The number of carbonyl (C=O) groups is 1. The van der Waals surface area contributed by atoms with Crippen molar-refractivity contribution in [2.45, 2.75) is 44.6 Å². The average molecular weight is 298 g/mol. The van der Waals surface area contributed by atoms with Gasteiger partial charge in [-0.3, -0.25) is 4.79 Å². The van der Waals surface area contributed by atoms with Crippen LogP contribution in [0.15, 0.2) is 18.2 Å². The van der Waals surface area contributed by atoms with Crippen LogP contribution in [0, 0.1) is 6.92 Å². The van der Waals surface area contributed by atoms with E-state index in [4.69, 9.17) is 5.73 Å². The summed E-state index contributed by atoms with van der Waals surface area (Å²) in [6.45, 7) is 6.63. The number of nitrogens with one attached hydrogen (secondary N) is 1. The van der Waals surface area contributed by atoms with Gasteiger partial charge in [0.2, 0.25) is 5.91 Å². The Morgan fingerprint density at radius 3 is 2.45 bits per heavy atom. The normalized spacial score (nSPS) is 14.6. The van der Waals surface area contributed by atoms with Gasteiger partial charge in [-0.05, 0) is 51.0 Å². The van der Waals surface area contributed by atoms with Gasteiger partial charge < -0.3 is 11.1 Å². The molecule has 0 saturated carbocycles. The molecule has 2 atom stereocenters. The summed E-state index contributed by atoms with van der Waals surface area (Å²) in [5.41, 5.74) is 7.61. The lowest BCUT2D eigenvalue weighted by Gasteiger charge is -2.18. The Balaban J connectivity index is 2.91. The minimum atomic E-state index is -3.47. The van der Waals surface area contributed by atoms with E-state index in [0.29, 0.717) is 17.8 Å². The maximum Gasteiger partial charge on any atom is 0.242 e. The van der Waals surface area contributed by atoms with E-state index in [-0.39, 0.29) is 0 Å². The van der Waals surface area contributed by atoms with Gasteiger partial charge in [0, 0.05) is 11.4 Å². The van der Waals surface area contributed by atoms with Crippen molar-refractivity contribution in [1.29, 1.82) is 0 Å². The zero-order chi connectivity index (χ0) is 15.5. The number of sulfone groups is 1. The Morgan fingerprint density at radius 1 is 1.35 bits per heavy atom. The number of amides is 1. The number of hydrogen-bond donors (Lipinski definition) is 2. The maximum absolute atomic E-state index is 12.2. The fourth-order valence-electron chi connectivity index (χ4n) is 1.79. The molecule has 0 radical (unpaired) electrons. The summed E-state index contributed by atoms with van der Waals surface area (Å²) < 4.78 is 24.3. The highest BCUT2D eigenvalue weighted by Crippen LogP contribution is 2.19. The molecule has 0 aromatic heterocycles. The molecular formula is C14H22N2O3S. The summed E-state index contributed by atoms with van der Waals surface area (Å²) >= 11 is 0. The first-order chi connectivity index (χ1) is 9.20. The molecule has 0 spiro atoms. The van der Waals surface area contributed by atoms with Crippen LogP contribution in [0.2, 0.25) is 0 Å². The molecule has 2 unspecified atom stereocenters. The van der Waals surface area contributed by atoms with Crippen LogP contribution >= 0.6 is 0 Å². The lowest BCUT2D eigenvalue weighted by molar-refractivity contribution is -0.115. The van der Waals surface area contributed by atoms with Crippen LogP contribution in [-0.2, 0) is 14.6 Å². The van der Waals surface area contributed by atoms with Crippen molar-refractivity contribution < 1.29 is 13.2 Å². The lowest BCUT2D eigenvalue weighted by Crippen LogP contribution is -2.37. The molecule has 0 aliphatic carbocycles. The molecule has 1 aromatic carbocycles. The van der Waals surface area contributed by atoms with Crippen molar-refractivity contribution in [2.24, 2.45) is 0 Å². The molecule has 0 aliphatic heterocycles. The number of nitrogens with two attached hydrogens (primary N) is 1. The molecule has 5 nitrogen and oxygen atoms in total. The Labute approximate surface area is 120 Å². The quantitative estimate of drug-likeness (QED) is 0.815. The number of aryl methyl sites for hydroxylation is 1. The molecule has 112 valence electrons. The van der Waals surface area contributed by atoms with Crippen LogP contribution in [0.3, 0.4) is 0 Å². The van der Waals surface area contributed by atoms with Crippen molar-refractivity contribution in [3.05, 3.63) is 23.8 Å². The first-order valence-corrected chi connectivity index (χ1v) is 8.20. The van der Waals surface area contributed by atoms with Crippen molar-refractivity contribution in [2.75, 3.05) is 11.1 Å². The van der Waals surface area contributed by atoms with Gasteiger partial charge in [-0.25, -0.2) is 8.42 Å². The number of hydrogen-bond acceptors (Lipinski definition) is 4. The van der Waals surface area contributed by atoms with Gasteiger partial charge in [-0.15, -0.1) is 0 Å². The zero-order valence-corrected chi connectivity index (χ0v) is 13.1. The minimum absolute atomic E-state index is 0.487. The maximum atomic E-state index is 12.2. The summed E-state index contributed by atoms with van der Waals surface area (Å²) in [4.78, 5) is 12.1. The van der Waals surface area contributed by atoms with Crippen molar-refractivity contribution in [3.8, 4) is 0 Å². The SMILES string of the molecule is CCC(C)S(=O)(=O)C(C)C(=O)Nc1ccc(N)cc1C. The molecule has 1 amide bonds. The van der Waals surface area contributed by atoms with Crippen LogP contribution in [0.1, 0.15) is 32.8 Å². The van der Waals surface area contributed by atoms with Crippen LogP contribution < -0.4 is 11.1 Å². The fourth-order valence-corrected chi connectivity index (χ4v) is 3.31. The van der Waals surface area contributed by atoms with Gasteiger partial charge in [0.05, 0.1) is 5.25 Å². The van der Waals surface area contributed by atoms with Crippen LogP contribution in [0.5, 0.6) is 0 Å². The summed E-state index contributed by atoms with van der Waals surface area (Å²) in [6.07, 6.45) is 0.487. The second-order valence-electron chi connectivity index (χ2n) is 5.01. The molecule has 0 saturated heterocycles. The van der Waals surface area contributed by atoms with E-state index in [9.17, 15) is 13.2 Å². The third kappa shape index (κ3) is 3.50. The molecule has 1 aromatic rings. The Hall–Kier alpha value is -1.56. The summed E-state index contributed by atoms with van der Waals surface area (Å²) in [5.74, 6) is -0.516. The van der Waals surface area contributed by atoms with Gasteiger partial charge in [0.25, 0.3) is 0 Å². The van der Waals surface area contributed by atoms with Crippen molar-refractivity contribution in [3.63, 3.8) is 0 Å². The zero-order valence-electron chi connectivity index (χ0n) is 12.3. The molecule has 1 rings (SSSR count). The number of carbonyl (C=O) groups excluding carboxylic acids is 1. The van der Waals surface area contributed by atoms with Gasteiger partial charge in [-0.2, -0.15) is 0 Å². The van der Waals surface area contributed by atoms with E-state index in [1.165, 1.54) is 6.92 Å². The highest BCUT2D eigenvalue weighted by atomic mass is 32.2. The second-order valence-corrected chi connectivity index (χ2v) is 7.70. The second kappa shape index (κ2) is 6.26. The number of rotatable bonds is 5. The third-order valence-electron chi connectivity index (χ3n) is 3.51. The van der Waals surface area contributed by atoms with Gasteiger partial charge in [0.15, 0.2) is 9.84 Å². The van der Waals surface area contributed by atoms with Crippen LogP contribution in [0.4, 0.5) is 11.4 Å². The monoisotopic (exact) mass is 298 g/mol. The largest absolute Gasteiger partial charge is 0.399 e. The molecule has 0 aliphatic rings. The van der Waals surface area contributed by atoms with Gasteiger partial charge >= 0.3 is 0 Å². The van der Waals surface area contributed by atoms with Crippen LogP contribution in [-0.4, -0.2) is 24.8 Å². The lowest BCUT2D eigenvalue weighted by atomic mass is 10.2. The Morgan fingerprint density at radius 2 is 1.95 bits per heavy atom. The first-order valence-electron chi connectivity index (χ1n) is 6.59. The summed E-state index contributed by atoms with van der Waals surface area (Å²) in [7, 11) is -3.47. The first kappa shape index (κ1) is 16.5. The molecule has 20 heavy (non-hydrogen) atoms. The van der Waals surface area contributed by atoms with Crippen molar-refractivity contribution in [1.82, 2.24) is 0 Å². The van der Waals surface area contributed by atoms with E-state index in [1.54, 1.807) is 39.0 Å². The van der Waals surface area contributed by atoms with E-state index in [0.717, 1.165) is 5.56 Å². The average Bonchev–Trinajstić information content (AvgIpc) is 2.39. The summed E-state index contributed by atoms with van der Waals surface area (Å²) in [5, 5.41) is 1.04. The topological polar surface area (TPSA) is 89.3 Å². The molecule has 0 heterocycles.